The van der Waals surface area contributed by atoms with Crippen molar-refractivity contribution in [2.24, 2.45) is 0 Å². The van der Waals surface area contributed by atoms with Gasteiger partial charge in [0.15, 0.2) is 17.7 Å². The lowest BCUT2D eigenvalue weighted by molar-refractivity contribution is -0.148. The van der Waals surface area contributed by atoms with Crippen molar-refractivity contribution >= 4 is 11.9 Å². The Morgan fingerprint density at radius 3 is 2.62 bits per heavy atom. The van der Waals surface area contributed by atoms with Crippen LogP contribution in [0.25, 0.3) is 0 Å². The molecule has 1 aliphatic rings. The molecule has 0 saturated heterocycles. The van der Waals surface area contributed by atoms with Gasteiger partial charge in [0, 0.05) is 6.04 Å². The van der Waals surface area contributed by atoms with E-state index in [0.717, 1.165) is 12.8 Å². The number of benzene rings is 1. The van der Waals surface area contributed by atoms with Crippen molar-refractivity contribution in [2.75, 3.05) is 6.54 Å². The summed E-state index contributed by atoms with van der Waals surface area (Å²) in [6, 6.07) is 5.82. The Balaban J connectivity index is 2.10. The first-order chi connectivity index (χ1) is 10.0. The number of carboxylic acids is 1. The van der Waals surface area contributed by atoms with Crippen molar-refractivity contribution in [3.05, 3.63) is 30.1 Å². The molecule has 1 aromatic carbocycles. The summed E-state index contributed by atoms with van der Waals surface area (Å²) >= 11 is 0. The Hall–Kier alpha value is -2.11. The van der Waals surface area contributed by atoms with Gasteiger partial charge in [-0.2, -0.15) is 0 Å². The third-order valence-corrected chi connectivity index (χ3v) is 3.33. The van der Waals surface area contributed by atoms with E-state index in [9.17, 15) is 14.0 Å². The number of carboxylic acid groups (broad SMARTS) is 1. The second-order valence-electron chi connectivity index (χ2n) is 5.04. The topological polar surface area (TPSA) is 66.8 Å². The molecule has 5 nitrogen and oxygen atoms in total. The molecule has 114 valence electrons. The molecule has 21 heavy (non-hydrogen) atoms. The van der Waals surface area contributed by atoms with Gasteiger partial charge in [-0.05, 0) is 31.4 Å². The molecular weight excluding hydrogens is 277 g/mol. The number of halogens is 1. The molecule has 1 saturated carbocycles. The average molecular weight is 295 g/mol. The minimum absolute atomic E-state index is 0.00349. The van der Waals surface area contributed by atoms with Gasteiger partial charge in [0.05, 0.1) is 0 Å². The normalized spacial score (nSPS) is 15.3. The summed E-state index contributed by atoms with van der Waals surface area (Å²) < 4.78 is 19.0. The summed E-state index contributed by atoms with van der Waals surface area (Å²) in [7, 11) is 0. The predicted octanol–water partition coefficient (Wildman–Crippen LogP) is 2.06. The molecule has 0 aliphatic heterocycles. The van der Waals surface area contributed by atoms with Crippen LogP contribution in [0, 0.1) is 5.82 Å². The summed E-state index contributed by atoms with van der Waals surface area (Å²) in [5, 5.41) is 8.90. The van der Waals surface area contributed by atoms with Gasteiger partial charge in [0.1, 0.15) is 6.54 Å². The SMILES string of the molecule is CCC(Oc1ccccc1F)C(=O)N(CC(=O)O)C1CC1. The Kier molecular flexibility index (Phi) is 4.77. The fraction of sp³-hybridized carbons (Fsp3) is 0.467. The van der Waals surface area contributed by atoms with Crippen molar-refractivity contribution < 1.29 is 23.8 Å². The number of amides is 1. The van der Waals surface area contributed by atoms with E-state index < -0.39 is 23.8 Å². The number of ether oxygens (including phenoxy) is 1. The van der Waals surface area contributed by atoms with E-state index >= 15 is 0 Å². The van der Waals surface area contributed by atoms with Gasteiger partial charge in [-0.1, -0.05) is 19.1 Å². The Morgan fingerprint density at radius 1 is 1.43 bits per heavy atom. The minimum Gasteiger partial charge on any atom is -0.480 e. The fourth-order valence-corrected chi connectivity index (χ4v) is 2.11. The standard InChI is InChI=1S/C15H18FNO4/c1-2-12(21-13-6-4-3-5-11(13)16)15(20)17(9-14(18)19)10-7-8-10/h3-6,10,12H,2,7-9H2,1H3,(H,18,19). The van der Waals surface area contributed by atoms with Crippen LogP contribution in [-0.4, -0.2) is 40.6 Å². The number of carbonyl (C=O) groups excluding carboxylic acids is 1. The zero-order valence-corrected chi connectivity index (χ0v) is 11.8. The van der Waals surface area contributed by atoms with Crippen molar-refractivity contribution in [2.45, 2.75) is 38.3 Å². The molecule has 1 aromatic rings. The van der Waals surface area contributed by atoms with Crippen LogP contribution in [0.4, 0.5) is 4.39 Å². The third kappa shape index (κ3) is 3.93. The monoisotopic (exact) mass is 295 g/mol. The van der Waals surface area contributed by atoms with Crippen LogP contribution in [0.5, 0.6) is 5.75 Å². The Morgan fingerprint density at radius 2 is 2.10 bits per heavy atom. The molecule has 0 heterocycles. The number of para-hydroxylation sites is 1. The third-order valence-electron chi connectivity index (χ3n) is 3.33. The van der Waals surface area contributed by atoms with Crippen molar-refractivity contribution in [3.8, 4) is 5.75 Å². The van der Waals surface area contributed by atoms with Crippen LogP contribution in [0.15, 0.2) is 24.3 Å². The molecule has 0 radical (unpaired) electrons. The highest BCUT2D eigenvalue weighted by molar-refractivity contribution is 5.85. The van der Waals surface area contributed by atoms with Crippen molar-refractivity contribution in [1.82, 2.24) is 4.90 Å². The van der Waals surface area contributed by atoms with Crippen LogP contribution < -0.4 is 4.74 Å². The molecule has 6 heteroatoms. The lowest BCUT2D eigenvalue weighted by Gasteiger charge is -2.26. The first kappa shape index (κ1) is 15.3. The van der Waals surface area contributed by atoms with Crippen LogP contribution in [0.3, 0.4) is 0 Å². The molecule has 1 N–H and O–H groups in total. The summed E-state index contributed by atoms with van der Waals surface area (Å²) in [5.74, 6) is -2.00. The average Bonchev–Trinajstić information content (AvgIpc) is 3.27. The second kappa shape index (κ2) is 6.56. The van der Waals surface area contributed by atoms with Crippen molar-refractivity contribution in [3.63, 3.8) is 0 Å². The highest BCUT2D eigenvalue weighted by Gasteiger charge is 2.37. The Bertz CT molecular complexity index is 530. The molecule has 1 fully saturated rings. The van der Waals surface area contributed by atoms with E-state index in [4.69, 9.17) is 9.84 Å². The smallest absolute Gasteiger partial charge is 0.323 e. The van der Waals surface area contributed by atoms with E-state index in [1.165, 1.54) is 23.1 Å². The van der Waals surface area contributed by atoms with E-state index in [1.807, 2.05) is 0 Å². The first-order valence-electron chi connectivity index (χ1n) is 6.96. The van der Waals surface area contributed by atoms with E-state index in [-0.39, 0.29) is 18.3 Å². The number of hydrogen-bond donors (Lipinski definition) is 1. The minimum atomic E-state index is -1.06. The maximum atomic E-state index is 13.6. The summed E-state index contributed by atoms with van der Waals surface area (Å²) in [4.78, 5) is 24.6. The van der Waals surface area contributed by atoms with Crippen LogP contribution in [-0.2, 0) is 9.59 Å². The maximum absolute atomic E-state index is 13.6. The van der Waals surface area contributed by atoms with Crippen LogP contribution >= 0.6 is 0 Å². The number of rotatable bonds is 7. The molecule has 1 atom stereocenters. The first-order valence-corrected chi connectivity index (χ1v) is 6.96. The number of hydrogen-bond acceptors (Lipinski definition) is 3. The lowest BCUT2D eigenvalue weighted by atomic mass is 10.2. The summed E-state index contributed by atoms with van der Waals surface area (Å²) in [6.07, 6.45) is 1.07. The van der Waals surface area contributed by atoms with Gasteiger partial charge in [0.25, 0.3) is 5.91 Å². The molecular formula is C15H18FNO4. The highest BCUT2D eigenvalue weighted by atomic mass is 19.1. The molecule has 1 aliphatic carbocycles. The highest BCUT2D eigenvalue weighted by Crippen LogP contribution is 2.28. The van der Waals surface area contributed by atoms with Gasteiger partial charge in [-0.15, -0.1) is 0 Å². The predicted molar refractivity (Wildman–Crippen MR) is 73.5 cm³/mol. The number of aliphatic carboxylic acids is 1. The van der Waals surface area contributed by atoms with Gasteiger partial charge in [-0.3, -0.25) is 9.59 Å². The molecule has 2 rings (SSSR count). The van der Waals surface area contributed by atoms with Gasteiger partial charge in [0.2, 0.25) is 0 Å². The molecule has 0 spiro atoms. The van der Waals surface area contributed by atoms with E-state index in [1.54, 1.807) is 13.0 Å². The molecule has 1 amide bonds. The zero-order chi connectivity index (χ0) is 15.4. The van der Waals surface area contributed by atoms with Gasteiger partial charge >= 0.3 is 5.97 Å². The van der Waals surface area contributed by atoms with Crippen LogP contribution in [0.1, 0.15) is 26.2 Å². The summed E-state index contributed by atoms with van der Waals surface area (Å²) in [6.45, 7) is 1.40. The van der Waals surface area contributed by atoms with Gasteiger partial charge < -0.3 is 14.7 Å². The largest absolute Gasteiger partial charge is 0.480 e. The Labute approximate surface area is 122 Å². The zero-order valence-electron chi connectivity index (χ0n) is 11.8. The number of nitrogens with zero attached hydrogens (tertiary/aromatic N) is 1. The van der Waals surface area contributed by atoms with Gasteiger partial charge in [-0.25, -0.2) is 4.39 Å². The molecule has 1 unspecified atom stereocenters. The van der Waals surface area contributed by atoms with E-state index in [2.05, 4.69) is 0 Å². The fourth-order valence-electron chi connectivity index (χ4n) is 2.11. The van der Waals surface area contributed by atoms with Crippen LogP contribution in [0.2, 0.25) is 0 Å². The quantitative estimate of drug-likeness (QED) is 0.836. The second-order valence-corrected chi connectivity index (χ2v) is 5.04. The molecule has 0 aromatic heterocycles. The summed E-state index contributed by atoms with van der Waals surface area (Å²) in [5.41, 5.74) is 0. The molecule has 0 bridgehead atoms. The van der Waals surface area contributed by atoms with E-state index in [0.29, 0.717) is 6.42 Å². The lowest BCUT2D eigenvalue weighted by Crippen LogP contribution is -2.45. The van der Waals surface area contributed by atoms with Crippen molar-refractivity contribution in [1.29, 1.82) is 0 Å². The maximum Gasteiger partial charge on any atom is 0.323 e. The number of carbonyl (C=O) groups is 2.